The molecule has 3 aromatic rings. The third kappa shape index (κ3) is 2.20. The number of nitrogens with one attached hydrogen (secondary N) is 2. The highest BCUT2D eigenvalue weighted by Gasteiger charge is 2.12. The molecule has 0 spiro atoms. The van der Waals surface area contributed by atoms with E-state index >= 15 is 0 Å². The summed E-state index contributed by atoms with van der Waals surface area (Å²) < 4.78 is 1.40. The zero-order valence-electron chi connectivity index (χ0n) is 10.9. The van der Waals surface area contributed by atoms with Crippen molar-refractivity contribution in [3.8, 4) is 0 Å². The van der Waals surface area contributed by atoms with Crippen LogP contribution in [0.5, 0.6) is 0 Å². The maximum absolute atomic E-state index is 12.0. The van der Waals surface area contributed by atoms with Crippen molar-refractivity contribution >= 4 is 28.3 Å². The van der Waals surface area contributed by atoms with Gasteiger partial charge in [-0.25, -0.2) is 4.68 Å². The fourth-order valence-electron chi connectivity index (χ4n) is 2.15. The second kappa shape index (κ2) is 4.69. The number of amides is 1. The molecule has 0 saturated carbocycles. The smallest absolute Gasteiger partial charge is 0.246 e. The number of nitrogens with two attached hydrogens (primary N) is 1. The number of benzene rings is 1. The van der Waals surface area contributed by atoms with Gasteiger partial charge in [-0.15, -0.1) is 5.10 Å². The van der Waals surface area contributed by atoms with Gasteiger partial charge in [0.2, 0.25) is 5.91 Å². The molecule has 2 heterocycles. The van der Waals surface area contributed by atoms with Crippen molar-refractivity contribution < 1.29 is 4.79 Å². The van der Waals surface area contributed by atoms with Gasteiger partial charge in [0.05, 0.1) is 11.9 Å². The molecule has 0 aliphatic heterocycles. The van der Waals surface area contributed by atoms with Crippen LogP contribution in [0.2, 0.25) is 0 Å². The zero-order chi connectivity index (χ0) is 14.1. The number of hydrogen-bond donors (Lipinski definition) is 3. The van der Waals surface area contributed by atoms with Crippen molar-refractivity contribution in [1.82, 2.24) is 20.0 Å². The van der Waals surface area contributed by atoms with E-state index in [0.29, 0.717) is 5.82 Å². The minimum Gasteiger partial charge on any atom is -0.381 e. The second-order valence-corrected chi connectivity index (χ2v) is 4.56. The minimum atomic E-state index is -0.178. The Morgan fingerprint density at radius 2 is 2.25 bits per heavy atom. The van der Waals surface area contributed by atoms with Crippen molar-refractivity contribution in [1.29, 1.82) is 0 Å². The van der Waals surface area contributed by atoms with Gasteiger partial charge in [-0.05, 0) is 13.0 Å². The summed E-state index contributed by atoms with van der Waals surface area (Å²) in [5.74, 6) is 0.115. The van der Waals surface area contributed by atoms with Crippen LogP contribution in [0, 0.1) is 6.92 Å². The van der Waals surface area contributed by atoms with Gasteiger partial charge in [-0.1, -0.05) is 23.4 Å². The number of aromatic nitrogens is 4. The molecule has 0 unspecified atom stereocenters. The zero-order valence-corrected chi connectivity index (χ0v) is 10.9. The van der Waals surface area contributed by atoms with E-state index in [1.807, 2.05) is 31.2 Å². The van der Waals surface area contributed by atoms with Crippen LogP contribution in [0.15, 0.2) is 30.5 Å². The van der Waals surface area contributed by atoms with E-state index in [9.17, 15) is 4.79 Å². The number of nitrogen functional groups attached to an aromatic ring is 1. The molecular weight excluding hydrogens is 256 g/mol. The molecule has 0 aliphatic rings. The maximum Gasteiger partial charge on any atom is 0.246 e. The Morgan fingerprint density at radius 1 is 1.45 bits per heavy atom. The van der Waals surface area contributed by atoms with Crippen molar-refractivity contribution in [3.05, 3.63) is 36.2 Å². The van der Waals surface area contributed by atoms with Gasteiger partial charge < -0.3 is 16.0 Å². The molecule has 7 nitrogen and oxygen atoms in total. The summed E-state index contributed by atoms with van der Waals surface area (Å²) in [7, 11) is 0. The monoisotopic (exact) mass is 270 g/mol. The standard InChI is InChI=1S/C13H14N6O/c1-8-13(9-4-2-3-5-10(9)15-8)16-12(20)7-19-6-11(14)17-18-19/h2-6,15H,7,14H2,1H3,(H,16,20). The minimum absolute atomic E-state index is 0.0726. The molecular formula is C13H14N6O. The second-order valence-electron chi connectivity index (χ2n) is 4.56. The van der Waals surface area contributed by atoms with Crippen molar-refractivity contribution in [3.63, 3.8) is 0 Å². The number of anilines is 2. The summed E-state index contributed by atoms with van der Waals surface area (Å²) in [4.78, 5) is 15.3. The number of hydrogen-bond acceptors (Lipinski definition) is 4. The highest BCUT2D eigenvalue weighted by Crippen LogP contribution is 2.26. The number of nitrogens with zero attached hydrogens (tertiary/aromatic N) is 3. The van der Waals surface area contributed by atoms with Crippen molar-refractivity contribution in [2.45, 2.75) is 13.5 Å². The Hall–Kier alpha value is -2.83. The van der Waals surface area contributed by atoms with Gasteiger partial charge in [-0.2, -0.15) is 0 Å². The molecule has 4 N–H and O–H groups in total. The van der Waals surface area contributed by atoms with Gasteiger partial charge in [-0.3, -0.25) is 4.79 Å². The summed E-state index contributed by atoms with van der Waals surface area (Å²) in [5.41, 5.74) is 8.15. The van der Waals surface area contributed by atoms with E-state index in [0.717, 1.165) is 22.3 Å². The molecule has 102 valence electrons. The first-order valence-corrected chi connectivity index (χ1v) is 6.16. The lowest BCUT2D eigenvalue weighted by Crippen LogP contribution is -2.19. The first-order chi connectivity index (χ1) is 9.63. The summed E-state index contributed by atoms with van der Waals surface area (Å²) in [6, 6.07) is 7.81. The Balaban J connectivity index is 1.82. The number of fused-ring (bicyclic) bond motifs is 1. The lowest BCUT2D eigenvalue weighted by Gasteiger charge is -2.05. The summed E-state index contributed by atoms with van der Waals surface area (Å²) in [5, 5.41) is 11.3. The number of aryl methyl sites for hydroxylation is 1. The van der Waals surface area contributed by atoms with Gasteiger partial charge in [0.25, 0.3) is 0 Å². The van der Waals surface area contributed by atoms with Crippen LogP contribution in [-0.4, -0.2) is 25.9 Å². The van der Waals surface area contributed by atoms with Crippen LogP contribution in [0.3, 0.4) is 0 Å². The van der Waals surface area contributed by atoms with Crippen LogP contribution in [0.1, 0.15) is 5.69 Å². The molecule has 20 heavy (non-hydrogen) atoms. The topological polar surface area (TPSA) is 102 Å². The maximum atomic E-state index is 12.0. The molecule has 0 saturated heterocycles. The average Bonchev–Trinajstić information content (AvgIpc) is 2.94. The first kappa shape index (κ1) is 12.2. The first-order valence-electron chi connectivity index (χ1n) is 6.16. The van der Waals surface area contributed by atoms with Gasteiger partial charge in [0.15, 0.2) is 5.82 Å². The van der Waals surface area contributed by atoms with E-state index in [4.69, 9.17) is 5.73 Å². The number of carbonyl (C=O) groups excluding carboxylic acids is 1. The largest absolute Gasteiger partial charge is 0.381 e. The van der Waals surface area contributed by atoms with E-state index in [2.05, 4.69) is 20.6 Å². The number of aromatic amines is 1. The van der Waals surface area contributed by atoms with Crippen LogP contribution in [0.4, 0.5) is 11.5 Å². The van der Waals surface area contributed by atoms with Gasteiger partial charge in [0, 0.05) is 16.6 Å². The predicted molar refractivity (Wildman–Crippen MR) is 76.1 cm³/mol. The normalized spacial score (nSPS) is 10.8. The highest BCUT2D eigenvalue weighted by atomic mass is 16.2. The lowest BCUT2D eigenvalue weighted by atomic mass is 10.2. The molecule has 0 fully saturated rings. The molecule has 0 aliphatic carbocycles. The van der Waals surface area contributed by atoms with Gasteiger partial charge in [0.1, 0.15) is 6.54 Å². The Kier molecular flexibility index (Phi) is 2.86. The quantitative estimate of drug-likeness (QED) is 0.667. The molecule has 1 aromatic carbocycles. The highest BCUT2D eigenvalue weighted by molar-refractivity contribution is 6.02. The van der Waals surface area contributed by atoms with Crippen LogP contribution in [-0.2, 0) is 11.3 Å². The third-order valence-electron chi connectivity index (χ3n) is 3.02. The molecule has 0 radical (unpaired) electrons. The molecule has 7 heteroatoms. The molecule has 2 aromatic heterocycles. The Morgan fingerprint density at radius 3 is 3.00 bits per heavy atom. The van der Waals surface area contributed by atoms with E-state index < -0.39 is 0 Å². The molecule has 1 amide bonds. The number of H-pyrrole nitrogens is 1. The Labute approximate surface area is 114 Å². The van der Waals surface area contributed by atoms with E-state index in [1.165, 1.54) is 10.9 Å². The number of rotatable bonds is 3. The van der Waals surface area contributed by atoms with Crippen LogP contribution in [0.25, 0.3) is 10.9 Å². The molecule has 3 rings (SSSR count). The van der Waals surface area contributed by atoms with Crippen LogP contribution >= 0.6 is 0 Å². The lowest BCUT2D eigenvalue weighted by molar-refractivity contribution is -0.116. The number of para-hydroxylation sites is 1. The molecule has 0 atom stereocenters. The fraction of sp³-hybridized carbons (Fsp3) is 0.154. The third-order valence-corrected chi connectivity index (χ3v) is 3.02. The summed E-state index contributed by atoms with van der Waals surface area (Å²) >= 11 is 0. The van der Waals surface area contributed by atoms with Gasteiger partial charge >= 0.3 is 0 Å². The SMILES string of the molecule is Cc1[nH]c2ccccc2c1NC(=O)Cn1cc(N)nn1. The van der Waals surface area contributed by atoms with E-state index in [1.54, 1.807) is 0 Å². The summed E-state index contributed by atoms with van der Waals surface area (Å²) in [6.07, 6.45) is 1.52. The predicted octanol–water partition coefficient (Wildman–Crippen LogP) is 1.29. The fourth-order valence-corrected chi connectivity index (χ4v) is 2.15. The Bertz CT molecular complexity index is 772. The van der Waals surface area contributed by atoms with E-state index in [-0.39, 0.29) is 12.5 Å². The van der Waals surface area contributed by atoms with Crippen molar-refractivity contribution in [2.75, 3.05) is 11.1 Å². The van der Waals surface area contributed by atoms with Crippen LogP contribution < -0.4 is 11.1 Å². The number of carbonyl (C=O) groups is 1. The summed E-state index contributed by atoms with van der Waals surface area (Å²) in [6.45, 7) is 1.99. The average molecular weight is 270 g/mol. The van der Waals surface area contributed by atoms with Crippen molar-refractivity contribution in [2.24, 2.45) is 0 Å². The molecule has 0 bridgehead atoms.